The van der Waals surface area contributed by atoms with Gasteiger partial charge in [0.25, 0.3) is 0 Å². The summed E-state index contributed by atoms with van der Waals surface area (Å²) in [6.07, 6.45) is 24.3. The van der Waals surface area contributed by atoms with E-state index in [1.807, 2.05) is 0 Å². The van der Waals surface area contributed by atoms with Crippen LogP contribution >= 0.6 is 0 Å². The Labute approximate surface area is 225 Å². The summed E-state index contributed by atoms with van der Waals surface area (Å²) in [6.45, 7) is 13.0. The highest BCUT2D eigenvalue weighted by atomic mass is 35.5. The van der Waals surface area contributed by atoms with Gasteiger partial charge in [0, 0.05) is 6.42 Å². The third kappa shape index (κ3) is 22.4. The molecule has 0 saturated carbocycles. The largest absolute Gasteiger partial charge is 1.00 e. The Balaban J connectivity index is 0. The van der Waals surface area contributed by atoms with Gasteiger partial charge in [-0.15, -0.1) is 0 Å². The molecule has 0 aromatic heterocycles. The van der Waals surface area contributed by atoms with E-state index in [0.717, 1.165) is 56.2 Å². The molecule has 0 rings (SSSR count). The second-order valence-corrected chi connectivity index (χ2v) is 10.4. The SMILES string of the molecule is CCCCCCCCC=CCCCCCCCC(=O)OCC(O)C[N+](CCC)(CCC)CCC.[Cl-]. The standard InChI is InChI=1S/C30H60NO3.ClH/c1-5-9-10-11-12-13-14-15-16-17-18-19-20-21-22-23-30(33)34-28-29(32)27-31(24-6-2,25-7-3)26-8-4;/h15-16,29,32H,5-14,17-28H2,1-4H3;1H/q+1;/p-1. The summed E-state index contributed by atoms with van der Waals surface area (Å²) in [6, 6.07) is 0. The Bertz CT molecular complexity index is 467. The highest BCUT2D eigenvalue weighted by Gasteiger charge is 2.28. The second-order valence-electron chi connectivity index (χ2n) is 10.4. The van der Waals surface area contributed by atoms with Gasteiger partial charge in [-0.1, -0.05) is 91.2 Å². The summed E-state index contributed by atoms with van der Waals surface area (Å²) in [4.78, 5) is 12.1. The number of aliphatic hydroxyl groups excluding tert-OH is 1. The number of ether oxygens (including phenoxy) is 1. The molecular weight excluding hydrogens is 458 g/mol. The zero-order chi connectivity index (χ0) is 25.3. The van der Waals surface area contributed by atoms with E-state index in [2.05, 4.69) is 39.8 Å². The fraction of sp³-hybridized carbons (Fsp3) is 0.900. The lowest BCUT2D eigenvalue weighted by atomic mass is 10.1. The Kier molecular flexibility index (Phi) is 27.7. The van der Waals surface area contributed by atoms with Crippen molar-refractivity contribution in [1.29, 1.82) is 0 Å². The molecule has 0 aliphatic rings. The molecule has 0 spiro atoms. The highest BCUT2D eigenvalue weighted by Crippen LogP contribution is 2.14. The van der Waals surface area contributed by atoms with Crippen LogP contribution in [-0.2, 0) is 9.53 Å². The van der Waals surface area contributed by atoms with Gasteiger partial charge in [0.05, 0.1) is 19.6 Å². The van der Waals surface area contributed by atoms with E-state index in [9.17, 15) is 9.90 Å². The zero-order valence-corrected chi connectivity index (χ0v) is 24.6. The molecule has 0 aromatic carbocycles. The molecule has 35 heavy (non-hydrogen) atoms. The number of hydrogen-bond acceptors (Lipinski definition) is 3. The topological polar surface area (TPSA) is 46.5 Å². The average Bonchev–Trinajstić information content (AvgIpc) is 2.80. The first kappa shape index (κ1) is 36.6. The first-order chi connectivity index (χ1) is 16.5. The number of aliphatic hydroxyl groups is 1. The van der Waals surface area contributed by atoms with Crippen LogP contribution in [0.2, 0.25) is 0 Å². The van der Waals surface area contributed by atoms with Crippen LogP contribution < -0.4 is 12.4 Å². The number of carbonyl (C=O) groups excluding carboxylic acids is 1. The molecule has 0 aliphatic heterocycles. The van der Waals surface area contributed by atoms with Gasteiger partial charge < -0.3 is 26.7 Å². The van der Waals surface area contributed by atoms with E-state index >= 15 is 0 Å². The summed E-state index contributed by atoms with van der Waals surface area (Å²) in [5, 5.41) is 10.5. The van der Waals surface area contributed by atoms with Crippen LogP contribution in [0, 0.1) is 0 Å². The Morgan fingerprint density at radius 1 is 0.714 bits per heavy atom. The van der Waals surface area contributed by atoms with Crippen molar-refractivity contribution in [1.82, 2.24) is 0 Å². The number of nitrogens with zero attached hydrogens (tertiary/aromatic N) is 1. The lowest BCUT2D eigenvalue weighted by molar-refractivity contribution is -0.931. The zero-order valence-electron chi connectivity index (χ0n) is 23.9. The number of unbranched alkanes of at least 4 members (excludes halogenated alkanes) is 11. The van der Waals surface area contributed by atoms with E-state index < -0.39 is 6.10 Å². The van der Waals surface area contributed by atoms with Gasteiger partial charge in [-0.3, -0.25) is 4.79 Å². The van der Waals surface area contributed by atoms with Crippen LogP contribution in [0.3, 0.4) is 0 Å². The minimum Gasteiger partial charge on any atom is -1.00 e. The van der Waals surface area contributed by atoms with Crippen LogP contribution in [0.5, 0.6) is 0 Å². The van der Waals surface area contributed by atoms with Crippen molar-refractivity contribution in [3.63, 3.8) is 0 Å². The average molecular weight is 518 g/mol. The molecule has 4 nitrogen and oxygen atoms in total. The molecule has 0 radical (unpaired) electrons. The second kappa shape index (κ2) is 26.5. The Morgan fingerprint density at radius 3 is 1.66 bits per heavy atom. The number of esters is 1. The minimum atomic E-state index is -0.567. The van der Waals surface area contributed by atoms with E-state index in [0.29, 0.717) is 13.0 Å². The van der Waals surface area contributed by atoms with Crippen LogP contribution in [0.15, 0.2) is 12.2 Å². The van der Waals surface area contributed by atoms with Gasteiger partial charge in [0.1, 0.15) is 19.3 Å². The molecule has 0 fully saturated rings. The summed E-state index contributed by atoms with van der Waals surface area (Å²) in [7, 11) is 0. The first-order valence-electron chi connectivity index (χ1n) is 14.9. The number of halogens is 1. The molecule has 0 bridgehead atoms. The predicted molar refractivity (Wildman–Crippen MR) is 147 cm³/mol. The maximum absolute atomic E-state index is 12.1. The van der Waals surface area contributed by atoms with Crippen LogP contribution in [0.25, 0.3) is 0 Å². The first-order valence-corrected chi connectivity index (χ1v) is 14.9. The van der Waals surface area contributed by atoms with E-state index in [1.165, 1.54) is 70.6 Å². The molecule has 1 unspecified atom stereocenters. The summed E-state index contributed by atoms with van der Waals surface area (Å²) in [5.41, 5.74) is 0. The maximum Gasteiger partial charge on any atom is 0.305 e. The molecule has 0 aliphatic carbocycles. The van der Waals surface area contributed by atoms with Crippen molar-refractivity contribution in [2.75, 3.05) is 32.8 Å². The lowest BCUT2D eigenvalue weighted by Gasteiger charge is -2.39. The fourth-order valence-corrected chi connectivity index (χ4v) is 5.13. The van der Waals surface area contributed by atoms with Crippen molar-refractivity contribution >= 4 is 5.97 Å². The Hall–Kier alpha value is -0.580. The fourth-order valence-electron chi connectivity index (χ4n) is 5.13. The maximum atomic E-state index is 12.1. The number of rotatable bonds is 25. The highest BCUT2D eigenvalue weighted by molar-refractivity contribution is 5.69. The van der Waals surface area contributed by atoms with Crippen LogP contribution in [0.4, 0.5) is 0 Å². The number of hydrogen-bond donors (Lipinski definition) is 1. The van der Waals surface area contributed by atoms with E-state index in [1.54, 1.807) is 0 Å². The third-order valence-electron chi connectivity index (χ3n) is 6.77. The van der Waals surface area contributed by atoms with Crippen LogP contribution in [0.1, 0.15) is 137 Å². The minimum absolute atomic E-state index is 0. The molecule has 0 aromatic rings. The van der Waals surface area contributed by atoms with Crippen molar-refractivity contribution in [3.8, 4) is 0 Å². The predicted octanol–water partition coefficient (Wildman–Crippen LogP) is 4.98. The molecule has 0 saturated heterocycles. The number of carbonyl (C=O) groups is 1. The van der Waals surface area contributed by atoms with Crippen molar-refractivity contribution in [2.45, 2.75) is 143 Å². The van der Waals surface area contributed by atoms with Gasteiger partial charge in [-0.2, -0.15) is 0 Å². The van der Waals surface area contributed by atoms with E-state index in [4.69, 9.17) is 4.74 Å². The van der Waals surface area contributed by atoms with E-state index in [-0.39, 0.29) is 25.0 Å². The van der Waals surface area contributed by atoms with Gasteiger partial charge >= 0.3 is 5.97 Å². The summed E-state index contributed by atoms with van der Waals surface area (Å²) >= 11 is 0. The molecule has 0 amide bonds. The van der Waals surface area contributed by atoms with Crippen LogP contribution in [-0.4, -0.2) is 54.4 Å². The van der Waals surface area contributed by atoms with Crippen molar-refractivity contribution in [3.05, 3.63) is 12.2 Å². The molecule has 5 heteroatoms. The molecular formula is C30H60ClNO3. The number of allylic oxidation sites excluding steroid dienone is 2. The normalized spacial score (nSPS) is 12.6. The quantitative estimate of drug-likeness (QED) is 0.0804. The smallest absolute Gasteiger partial charge is 0.305 e. The van der Waals surface area contributed by atoms with Gasteiger partial charge in [0.15, 0.2) is 0 Å². The Morgan fingerprint density at radius 2 is 1.17 bits per heavy atom. The van der Waals surface area contributed by atoms with Gasteiger partial charge in [0.2, 0.25) is 0 Å². The lowest BCUT2D eigenvalue weighted by Crippen LogP contribution is -3.00. The third-order valence-corrected chi connectivity index (χ3v) is 6.77. The number of quaternary nitrogens is 1. The summed E-state index contributed by atoms with van der Waals surface area (Å²) in [5.74, 6) is -0.156. The monoisotopic (exact) mass is 517 g/mol. The molecule has 210 valence electrons. The summed E-state index contributed by atoms with van der Waals surface area (Å²) < 4.78 is 6.34. The molecule has 1 atom stereocenters. The van der Waals surface area contributed by atoms with Crippen molar-refractivity contribution in [2.24, 2.45) is 0 Å². The van der Waals surface area contributed by atoms with Crippen molar-refractivity contribution < 1.29 is 31.5 Å². The van der Waals surface area contributed by atoms with Gasteiger partial charge in [-0.05, 0) is 51.4 Å². The molecule has 1 N–H and O–H groups in total. The molecule has 0 heterocycles. The van der Waals surface area contributed by atoms with Gasteiger partial charge in [-0.25, -0.2) is 0 Å².